The van der Waals surface area contributed by atoms with Crippen LogP contribution in [-0.4, -0.2) is 0 Å². The number of benzene rings is 1. The Morgan fingerprint density at radius 1 is 0.773 bits per heavy atom. The first kappa shape index (κ1) is 16.1. The molecule has 0 nitrogen and oxygen atoms in total. The van der Waals surface area contributed by atoms with Crippen LogP contribution in [0.15, 0.2) is 24.3 Å². The third-order valence-electron chi connectivity index (χ3n) is 6.58. The van der Waals surface area contributed by atoms with Gasteiger partial charge in [-0.15, -0.1) is 0 Å². The molecule has 0 N–H and O–H groups in total. The molecular weight excluding hydrogens is 264 g/mol. The van der Waals surface area contributed by atoms with Crippen LogP contribution in [0.25, 0.3) is 0 Å². The van der Waals surface area contributed by atoms with Gasteiger partial charge in [-0.2, -0.15) is 0 Å². The minimum absolute atomic E-state index is 0.841. The van der Waals surface area contributed by atoms with Gasteiger partial charge in [0.05, 0.1) is 0 Å². The molecule has 2 aliphatic rings. The predicted molar refractivity (Wildman–Crippen MR) is 96.2 cm³/mol. The molecule has 0 bridgehead atoms. The molecule has 0 amide bonds. The Morgan fingerprint density at radius 2 is 1.32 bits per heavy atom. The smallest absolute Gasteiger partial charge is 0.0162 e. The van der Waals surface area contributed by atoms with Gasteiger partial charge in [0.1, 0.15) is 0 Å². The Morgan fingerprint density at radius 3 is 1.86 bits per heavy atom. The molecule has 2 aliphatic carbocycles. The molecule has 2 fully saturated rings. The largest absolute Gasteiger partial charge is 0.0654 e. The molecule has 0 heterocycles. The summed E-state index contributed by atoms with van der Waals surface area (Å²) in [5.74, 6) is 4.01. The molecule has 3 rings (SSSR count). The molecular formula is C22H34. The SMILES string of the molecule is CCCC1CCC([C@H]2CC[C@H](c3ccc(C)cc3)CC2)CC1. The van der Waals surface area contributed by atoms with Crippen molar-refractivity contribution in [1.82, 2.24) is 0 Å². The van der Waals surface area contributed by atoms with Gasteiger partial charge < -0.3 is 0 Å². The summed E-state index contributed by atoms with van der Waals surface area (Å²) in [6.07, 6.45) is 14.8. The minimum atomic E-state index is 0.841. The van der Waals surface area contributed by atoms with E-state index in [2.05, 4.69) is 38.1 Å². The summed E-state index contributed by atoms with van der Waals surface area (Å²) in [5.41, 5.74) is 2.98. The summed E-state index contributed by atoms with van der Waals surface area (Å²) in [6.45, 7) is 4.54. The normalized spacial score (nSPS) is 32.8. The van der Waals surface area contributed by atoms with Gasteiger partial charge in [-0.1, -0.05) is 62.4 Å². The van der Waals surface area contributed by atoms with Crippen LogP contribution in [0.2, 0.25) is 0 Å². The van der Waals surface area contributed by atoms with Crippen molar-refractivity contribution >= 4 is 0 Å². The fourth-order valence-corrected chi connectivity index (χ4v) is 5.12. The standard InChI is InChI=1S/C22H34/c1-3-4-18-7-11-20(12-8-18)22-15-13-21(14-16-22)19-9-5-17(2)6-10-19/h5-6,9-10,18,20-22H,3-4,7-8,11-16H2,1-2H3/t18?,20?,21-,22-. The van der Waals surface area contributed by atoms with E-state index >= 15 is 0 Å². The second-order valence-corrected chi connectivity index (χ2v) is 8.09. The molecule has 1 aromatic carbocycles. The van der Waals surface area contributed by atoms with E-state index in [1.165, 1.54) is 69.8 Å². The lowest BCUT2D eigenvalue weighted by molar-refractivity contribution is 0.156. The molecule has 0 atom stereocenters. The Hall–Kier alpha value is -0.780. The van der Waals surface area contributed by atoms with Crippen LogP contribution in [0, 0.1) is 24.7 Å². The van der Waals surface area contributed by atoms with Crippen molar-refractivity contribution in [2.24, 2.45) is 17.8 Å². The van der Waals surface area contributed by atoms with E-state index in [4.69, 9.17) is 0 Å². The van der Waals surface area contributed by atoms with Gasteiger partial charge >= 0.3 is 0 Å². The molecule has 0 spiro atoms. The molecule has 2 saturated carbocycles. The van der Waals surface area contributed by atoms with E-state index in [0.29, 0.717) is 0 Å². The van der Waals surface area contributed by atoms with Crippen LogP contribution in [0.4, 0.5) is 0 Å². The average Bonchev–Trinajstić information content (AvgIpc) is 2.57. The van der Waals surface area contributed by atoms with Gasteiger partial charge in [-0.25, -0.2) is 0 Å². The molecule has 22 heavy (non-hydrogen) atoms. The predicted octanol–water partition coefficient (Wildman–Crippen LogP) is 6.88. The summed E-state index contributed by atoms with van der Waals surface area (Å²) >= 11 is 0. The molecule has 122 valence electrons. The van der Waals surface area contributed by atoms with Crippen molar-refractivity contribution in [3.8, 4) is 0 Å². The molecule has 0 saturated heterocycles. The Labute approximate surface area is 137 Å². The van der Waals surface area contributed by atoms with Crippen molar-refractivity contribution in [1.29, 1.82) is 0 Å². The monoisotopic (exact) mass is 298 g/mol. The van der Waals surface area contributed by atoms with Crippen LogP contribution >= 0.6 is 0 Å². The quantitative estimate of drug-likeness (QED) is 0.568. The van der Waals surface area contributed by atoms with E-state index in [0.717, 1.165) is 23.7 Å². The fraction of sp³-hybridized carbons (Fsp3) is 0.727. The number of hydrogen-bond donors (Lipinski definition) is 0. The van der Waals surface area contributed by atoms with Gasteiger partial charge in [-0.05, 0) is 74.7 Å². The molecule has 0 heteroatoms. The first-order chi connectivity index (χ1) is 10.8. The highest BCUT2D eigenvalue weighted by molar-refractivity contribution is 5.24. The third-order valence-corrected chi connectivity index (χ3v) is 6.58. The highest BCUT2D eigenvalue weighted by Gasteiger charge is 2.30. The van der Waals surface area contributed by atoms with Gasteiger partial charge in [0.2, 0.25) is 0 Å². The summed E-state index contributed by atoms with van der Waals surface area (Å²) < 4.78 is 0. The van der Waals surface area contributed by atoms with Gasteiger partial charge in [-0.3, -0.25) is 0 Å². The van der Waals surface area contributed by atoms with Crippen molar-refractivity contribution in [3.63, 3.8) is 0 Å². The van der Waals surface area contributed by atoms with E-state index in [1.807, 2.05) is 0 Å². The van der Waals surface area contributed by atoms with Crippen LogP contribution in [0.1, 0.15) is 88.2 Å². The lowest BCUT2D eigenvalue weighted by atomic mass is 9.68. The second kappa shape index (κ2) is 7.66. The summed E-state index contributed by atoms with van der Waals surface area (Å²) in [7, 11) is 0. The maximum absolute atomic E-state index is 2.37. The highest BCUT2D eigenvalue weighted by atomic mass is 14.4. The van der Waals surface area contributed by atoms with E-state index in [1.54, 1.807) is 5.56 Å². The molecule has 0 aliphatic heterocycles. The van der Waals surface area contributed by atoms with E-state index in [9.17, 15) is 0 Å². The number of rotatable bonds is 4. The van der Waals surface area contributed by atoms with Crippen LogP contribution in [-0.2, 0) is 0 Å². The lowest BCUT2D eigenvalue weighted by Crippen LogP contribution is -2.25. The zero-order valence-electron chi connectivity index (χ0n) is 14.7. The zero-order valence-corrected chi connectivity index (χ0v) is 14.7. The topological polar surface area (TPSA) is 0 Å². The molecule has 0 aromatic heterocycles. The van der Waals surface area contributed by atoms with E-state index in [-0.39, 0.29) is 0 Å². The van der Waals surface area contributed by atoms with Gasteiger partial charge in [0.25, 0.3) is 0 Å². The van der Waals surface area contributed by atoms with E-state index < -0.39 is 0 Å². The molecule has 0 unspecified atom stereocenters. The maximum atomic E-state index is 2.37. The summed E-state index contributed by atoms with van der Waals surface area (Å²) in [6, 6.07) is 9.32. The van der Waals surface area contributed by atoms with Crippen molar-refractivity contribution in [3.05, 3.63) is 35.4 Å². The first-order valence-corrected chi connectivity index (χ1v) is 9.82. The van der Waals surface area contributed by atoms with Crippen molar-refractivity contribution < 1.29 is 0 Å². The minimum Gasteiger partial charge on any atom is -0.0654 e. The number of hydrogen-bond acceptors (Lipinski definition) is 0. The van der Waals surface area contributed by atoms with Crippen molar-refractivity contribution in [2.45, 2.75) is 84.0 Å². The Balaban J connectivity index is 1.47. The van der Waals surface area contributed by atoms with Gasteiger partial charge in [0.15, 0.2) is 0 Å². The summed E-state index contributed by atoms with van der Waals surface area (Å²) in [4.78, 5) is 0. The van der Waals surface area contributed by atoms with Gasteiger partial charge in [0, 0.05) is 0 Å². The fourth-order valence-electron chi connectivity index (χ4n) is 5.12. The maximum Gasteiger partial charge on any atom is -0.0162 e. The van der Waals surface area contributed by atoms with Crippen molar-refractivity contribution in [2.75, 3.05) is 0 Å². The van der Waals surface area contributed by atoms with Crippen LogP contribution < -0.4 is 0 Å². The number of aryl methyl sites for hydroxylation is 1. The molecule has 0 radical (unpaired) electrons. The Bertz CT molecular complexity index is 428. The summed E-state index contributed by atoms with van der Waals surface area (Å²) in [5, 5.41) is 0. The van der Waals surface area contributed by atoms with Crippen LogP contribution in [0.3, 0.4) is 0 Å². The average molecular weight is 299 g/mol. The Kier molecular flexibility index (Phi) is 5.61. The second-order valence-electron chi connectivity index (χ2n) is 8.09. The lowest BCUT2D eigenvalue weighted by Gasteiger charge is -2.38. The first-order valence-electron chi connectivity index (χ1n) is 9.82. The highest BCUT2D eigenvalue weighted by Crippen LogP contribution is 2.44. The molecule has 1 aromatic rings. The van der Waals surface area contributed by atoms with Crippen LogP contribution in [0.5, 0.6) is 0 Å². The third kappa shape index (κ3) is 3.94. The zero-order chi connectivity index (χ0) is 15.4.